The molecule has 1 N–H and O–H groups in total. The van der Waals surface area contributed by atoms with Gasteiger partial charge in [-0.15, -0.1) is 0 Å². The minimum absolute atomic E-state index is 0.152. The predicted octanol–water partition coefficient (Wildman–Crippen LogP) is 0.232. The van der Waals surface area contributed by atoms with Gasteiger partial charge in [-0.25, -0.2) is 0 Å². The van der Waals surface area contributed by atoms with Crippen LogP contribution in [0.2, 0.25) is 0 Å². The Morgan fingerprint density at radius 3 is 3.23 bits per heavy atom. The van der Waals surface area contributed by atoms with Crippen molar-refractivity contribution >= 4 is 0 Å². The van der Waals surface area contributed by atoms with E-state index >= 15 is 0 Å². The third kappa shape index (κ3) is 0.953. The number of nitrogens with zero attached hydrogens (tertiary/aromatic N) is 1. The normalized spacial score (nSPS) is 49.6. The summed E-state index contributed by atoms with van der Waals surface area (Å²) in [6.45, 7) is 3.33. The van der Waals surface area contributed by atoms with Crippen molar-refractivity contribution in [3.63, 3.8) is 0 Å². The second-order valence-corrected chi connectivity index (χ2v) is 4.75. The van der Waals surface area contributed by atoms with Crippen molar-refractivity contribution in [2.45, 2.75) is 30.8 Å². The van der Waals surface area contributed by atoms with Gasteiger partial charge >= 0.3 is 0 Å². The minimum Gasteiger partial charge on any atom is -0.394 e. The Labute approximate surface area is 78.7 Å². The SMILES string of the molecule is OC[C@]12CCCN1[C@H]1COC[C@H]1C2. The second kappa shape index (κ2) is 2.69. The number of hydrogen-bond donors (Lipinski definition) is 1. The molecule has 3 aliphatic rings. The summed E-state index contributed by atoms with van der Waals surface area (Å²) in [6, 6.07) is 0.620. The molecule has 0 aromatic heterocycles. The maximum atomic E-state index is 9.50. The molecule has 3 nitrogen and oxygen atoms in total. The van der Waals surface area contributed by atoms with E-state index in [0.717, 1.165) is 19.6 Å². The molecule has 3 fully saturated rings. The average Bonchev–Trinajstić information content (AvgIpc) is 2.72. The molecule has 0 aromatic rings. The lowest BCUT2D eigenvalue weighted by Gasteiger charge is -2.32. The quantitative estimate of drug-likeness (QED) is 0.632. The first kappa shape index (κ1) is 8.21. The zero-order valence-corrected chi connectivity index (χ0v) is 7.91. The van der Waals surface area contributed by atoms with Crippen molar-refractivity contribution in [2.24, 2.45) is 5.92 Å². The van der Waals surface area contributed by atoms with E-state index < -0.39 is 0 Å². The minimum atomic E-state index is 0.152. The molecule has 0 bridgehead atoms. The van der Waals surface area contributed by atoms with Crippen LogP contribution in [0.4, 0.5) is 0 Å². The van der Waals surface area contributed by atoms with Gasteiger partial charge in [0.25, 0.3) is 0 Å². The van der Waals surface area contributed by atoms with Gasteiger partial charge in [-0.05, 0) is 25.8 Å². The van der Waals surface area contributed by atoms with E-state index in [2.05, 4.69) is 4.90 Å². The number of hydrogen-bond acceptors (Lipinski definition) is 3. The first-order valence-electron chi connectivity index (χ1n) is 5.31. The van der Waals surface area contributed by atoms with Gasteiger partial charge in [0.05, 0.1) is 19.8 Å². The molecule has 0 radical (unpaired) electrons. The lowest BCUT2D eigenvalue weighted by molar-refractivity contribution is 0.0529. The number of fused-ring (bicyclic) bond motifs is 3. The van der Waals surface area contributed by atoms with E-state index in [1.54, 1.807) is 0 Å². The van der Waals surface area contributed by atoms with E-state index in [9.17, 15) is 5.11 Å². The highest BCUT2D eigenvalue weighted by Crippen LogP contribution is 2.46. The molecule has 3 heteroatoms. The molecule has 0 saturated carbocycles. The van der Waals surface area contributed by atoms with Crippen molar-refractivity contribution in [3.8, 4) is 0 Å². The molecule has 3 saturated heterocycles. The average molecular weight is 183 g/mol. The van der Waals surface area contributed by atoms with Gasteiger partial charge in [0, 0.05) is 17.5 Å². The molecule has 74 valence electrons. The Morgan fingerprint density at radius 2 is 2.38 bits per heavy atom. The van der Waals surface area contributed by atoms with Gasteiger partial charge in [-0.3, -0.25) is 4.90 Å². The molecule has 3 rings (SSSR count). The number of rotatable bonds is 1. The summed E-state index contributed by atoms with van der Waals surface area (Å²) in [7, 11) is 0. The fraction of sp³-hybridized carbons (Fsp3) is 1.00. The maximum Gasteiger partial charge on any atom is 0.0625 e. The Hall–Kier alpha value is -0.120. The van der Waals surface area contributed by atoms with Gasteiger partial charge in [-0.1, -0.05) is 0 Å². The molecule has 3 aliphatic heterocycles. The lowest BCUT2D eigenvalue weighted by Crippen LogP contribution is -2.45. The summed E-state index contributed by atoms with van der Waals surface area (Å²) >= 11 is 0. The van der Waals surface area contributed by atoms with Gasteiger partial charge in [-0.2, -0.15) is 0 Å². The Balaban J connectivity index is 1.89. The largest absolute Gasteiger partial charge is 0.394 e. The summed E-state index contributed by atoms with van der Waals surface area (Å²) in [6.07, 6.45) is 3.61. The van der Waals surface area contributed by atoms with E-state index in [4.69, 9.17) is 4.74 Å². The third-order valence-corrected chi connectivity index (χ3v) is 4.15. The summed E-state index contributed by atoms with van der Waals surface area (Å²) in [4.78, 5) is 2.52. The topological polar surface area (TPSA) is 32.7 Å². The number of aliphatic hydroxyl groups excluding tert-OH is 1. The molecular formula is C10H17NO2. The van der Waals surface area contributed by atoms with Crippen LogP contribution in [0.1, 0.15) is 19.3 Å². The van der Waals surface area contributed by atoms with E-state index in [0.29, 0.717) is 18.6 Å². The highest BCUT2D eigenvalue weighted by atomic mass is 16.5. The molecular weight excluding hydrogens is 166 g/mol. The molecule has 0 aromatic carbocycles. The Morgan fingerprint density at radius 1 is 1.46 bits per heavy atom. The monoisotopic (exact) mass is 183 g/mol. The van der Waals surface area contributed by atoms with Crippen LogP contribution in [-0.2, 0) is 4.74 Å². The zero-order valence-electron chi connectivity index (χ0n) is 7.91. The van der Waals surface area contributed by atoms with Crippen LogP contribution in [0.3, 0.4) is 0 Å². The third-order valence-electron chi connectivity index (χ3n) is 4.15. The predicted molar refractivity (Wildman–Crippen MR) is 48.5 cm³/mol. The fourth-order valence-corrected chi connectivity index (χ4v) is 3.55. The molecule has 0 aliphatic carbocycles. The van der Waals surface area contributed by atoms with Crippen LogP contribution in [0.5, 0.6) is 0 Å². The summed E-state index contributed by atoms with van der Waals surface area (Å²) < 4.78 is 5.49. The summed E-state index contributed by atoms with van der Waals surface area (Å²) in [5.41, 5.74) is 0.152. The van der Waals surface area contributed by atoms with E-state index in [1.165, 1.54) is 19.4 Å². The molecule has 3 atom stereocenters. The van der Waals surface area contributed by atoms with Crippen LogP contribution in [0.25, 0.3) is 0 Å². The van der Waals surface area contributed by atoms with Crippen molar-refractivity contribution in [3.05, 3.63) is 0 Å². The van der Waals surface area contributed by atoms with Crippen molar-refractivity contribution in [1.82, 2.24) is 4.90 Å². The van der Waals surface area contributed by atoms with E-state index in [1.807, 2.05) is 0 Å². The van der Waals surface area contributed by atoms with Crippen LogP contribution < -0.4 is 0 Å². The molecule has 0 unspecified atom stereocenters. The Bertz CT molecular complexity index is 221. The van der Waals surface area contributed by atoms with Crippen molar-refractivity contribution in [1.29, 1.82) is 0 Å². The molecule has 13 heavy (non-hydrogen) atoms. The van der Waals surface area contributed by atoms with Crippen molar-refractivity contribution in [2.75, 3.05) is 26.4 Å². The fourth-order valence-electron chi connectivity index (χ4n) is 3.55. The van der Waals surface area contributed by atoms with Gasteiger partial charge < -0.3 is 9.84 Å². The molecule has 0 spiro atoms. The van der Waals surface area contributed by atoms with Crippen LogP contribution in [0, 0.1) is 5.92 Å². The van der Waals surface area contributed by atoms with E-state index in [-0.39, 0.29) is 5.54 Å². The standard InChI is InChI=1S/C10H17NO2/c12-7-10-2-1-3-11(10)9-6-13-5-8(9)4-10/h8-9,12H,1-7H2/t8-,9+,10-/m1/s1. The highest BCUT2D eigenvalue weighted by molar-refractivity contribution is 5.09. The first-order chi connectivity index (χ1) is 6.36. The number of aliphatic hydroxyl groups is 1. The highest BCUT2D eigenvalue weighted by Gasteiger charge is 2.55. The van der Waals surface area contributed by atoms with Gasteiger partial charge in [0.15, 0.2) is 0 Å². The Kier molecular flexibility index (Phi) is 1.70. The van der Waals surface area contributed by atoms with Gasteiger partial charge in [0.1, 0.15) is 0 Å². The molecule has 0 amide bonds. The maximum absolute atomic E-state index is 9.50. The molecule has 3 heterocycles. The van der Waals surface area contributed by atoms with Crippen molar-refractivity contribution < 1.29 is 9.84 Å². The van der Waals surface area contributed by atoms with Crippen LogP contribution in [-0.4, -0.2) is 48.0 Å². The first-order valence-corrected chi connectivity index (χ1v) is 5.31. The number of ether oxygens (including phenoxy) is 1. The van der Waals surface area contributed by atoms with Crippen LogP contribution in [0.15, 0.2) is 0 Å². The smallest absolute Gasteiger partial charge is 0.0625 e. The lowest BCUT2D eigenvalue weighted by atomic mass is 9.90. The van der Waals surface area contributed by atoms with Crippen LogP contribution >= 0.6 is 0 Å². The second-order valence-electron chi connectivity index (χ2n) is 4.75. The summed E-state index contributed by atoms with van der Waals surface area (Å²) in [5, 5.41) is 9.50. The summed E-state index contributed by atoms with van der Waals surface area (Å²) in [5.74, 6) is 0.701. The zero-order chi connectivity index (χ0) is 8.89. The van der Waals surface area contributed by atoms with Gasteiger partial charge in [0.2, 0.25) is 0 Å².